The van der Waals surface area contributed by atoms with E-state index in [0.717, 1.165) is 11.3 Å². The summed E-state index contributed by atoms with van der Waals surface area (Å²) < 4.78 is 1.57. The van der Waals surface area contributed by atoms with Crippen LogP contribution in [-0.4, -0.2) is 15.6 Å². The summed E-state index contributed by atoms with van der Waals surface area (Å²) in [6, 6.07) is 21.6. The van der Waals surface area contributed by atoms with Crippen LogP contribution in [0.15, 0.2) is 77.6 Å². The van der Waals surface area contributed by atoms with Crippen molar-refractivity contribution in [1.82, 2.24) is 9.55 Å². The maximum Gasteiger partial charge on any atom is 0.323 e. The Kier molecular flexibility index (Phi) is 4.83. The Morgan fingerprint density at radius 2 is 1.55 bits per heavy atom. The molecular weight excluding hydrogens is 364 g/mol. The number of benzene rings is 3. The predicted molar refractivity (Wildman–Crippen MR) is 116 cm³/mol. The Bertz CT molecular complexity index is 1260. The van der Waals surface area contributed by atoms with Crippen LogP contribution < -0.4 is 16.2 Å². The maximum atomic E-state index is 12.9. The third-order valence-electron chi connectivity index (χ3n) is 4.72. The molecule has 0 saturated heterocycles. The van der Waals surface area contributed by atoms with Gasteiger partial charge in [-0.05, 0) is 61.9 Å². The Morgan fingerprint density at radius 1 is 0.862 bits per heavy atom. The van der Waals surface area contributed by atoms with Gasteiger partial charge in [0.15, 0.2) is 0 Å². The molecule has 0 radical (unpaired) electrons. The summed E-state index contributed by atoms with van der Waals surface area (Å²) in [4.78, 5) is 29.7. The minimum absolute atomic E-state index is 0.119. The molecule has 4 rings (SSSR count). The number of aromatic nitrogens is 2. The van der Waals surface area contributed by atoms with Crippen molar-refractivity contribution in [3.63, 3.8) is 0 Å². The molecule has 2 amide bonds. The fourth-order valence-corrected chi connectivity index (χ4v) is 3.24. The molecule has 3 aromatic carbocycles. The second-order valence-corrected chi connectivity index (χ2v) is 6.76. The monoisotopic (exact) mass is 384 g/mol. The molecule has 0 saturated carbocycles. The second kappa shape index (κ2) is 7.59. The first-order valence-electron chi connectivity index (χ1n) is 9.25. The summed E-state index contributed by atoms with van der Waals surface area (Å²) in [6.45, 7) is 3.73. The molecule has 144 valence electrons. The van der Waals surface area contributed by atoms with E-state index in [1.54, 1.807) is 41.8 Å². The maximum absolute atomic E-state index is 12.9. The highest BCUT2D eigenvalue weighted by atomic mass is 16.2. The summed E-state index contributed by atoms with van der Waals surface area (Å²) in [5.41, 5.74) is 3.61. The number of nitrogens with zero attached hydrogens (tertiary/aromatic N) is 2. The molecule has 0 bridgehead atoms. The minimum atomic E-state index is -0.326. The van der Waals surface area contributed by atoms with Crippen molar-refractivity contribution in [3.8, 4) is 5.69 Å². The summed E-state index contributed by atoms with van der Waals surface area (Å²) in [5.74, 6) is 0.603. The molecule has 6 heteroatoms. The van der Waals surface area contributed by atoms with Crippen LogP contribution in [0.3, 0.4) is 0 Å². The van der Waals surface area contributed by atoms with E-state index in [0.29, 0.717) is 28.1 Å². The van der Waals surface area contributed by atoms with Gasteiger partial charge in [-0.3, -0.25) is 9.36 Å². The van der Waals surface area contributed by atoms with E-state index in [1.165, 1.54) is 0 Å². The number of nitrogens with one attached hydrogen (secondary N) is 2. The fourth-order valence-electron chi connectivity index (χ4n) is 3.24. The number of rotatable bonds is 3. The average Bonchev–Trinajstić information content (AvgIpc) is 2.71. The zero-order valence-electron chi connectivity index (χ0n) is 16.1. The lowest BCUT2D eigenvalue weighted by Gasteiger charge is -2.12. The van der Waals surface area contributed by atoms with Gasteiger partial charge in [-0.1, -0.05) is 30.3 Å². The number of amides is 2. The SMILES string of the molecule is Cc1ccccc1NC(=O)Nc1ccc(-n2c(C)nc3ccccc3c2=O)cc1. The lowest BCUT2D eigenvalue weighted by molar-refractivity contribution is 0.262. The average molecular weight is 384 g/mol. The van der Waals surface area contributed by atoms with Gasteiger partial charge in [0.25, 0.3) is 5.56 Å². The van der Waals surface area contributed by atoms with Crippen molar-refractivity contribution in [3.05, 3.63) is 94.5 Å². The molecule has 1 aromatic heterocycles. The van der Waals surface area contributed by atoms with Crippen LogP contribution in [0, 0.1) is 13.8 Å². The van der Waals surface area contributed by atoms with Crippen molar-refractivity contribution in [1.29, 1.82) is 0 Å². The molecule has 2 N–H and O–H groups in total. The first-order chi connectivity index (χ1) is 14.0. The Morgan fingerprint density at radius 3 is 2.31 bits per heavy atom. The molecule has 1 heterocycles. The van der Waals surface area contributed by atoms with E-state index in [2.05, 4.69) is 15.6 Å². The van der Waals surface area contributed by atoms with Crippen molar-refractivity contribution in [2.45, 2.75) is 13.8 Å². The summed E-state index contributed by atoms with van der Waals surface area (Å²) in [5, 5.41) is 6.20. The van der Waals surface area contributed by atoms with Crippen LogP contribution in [0.2, 0.25) is 0 Å². The van der Waals surface area contributed by atoms with Crippen LogP contribution >= 0.6 is 0 Å². The van der Waals surface area contributed by atoms with Crippen LogP contribution in [0.4, 0.5) is 16.2 Å². The van der Waals surface area contributed by atoms with Crippen molar-refractivity contribution in [2.75, 3.05) is 10.6 Å². The number of carbonyl (C=O) groups excluding carboxylic acids is 1. The van der Waals surface area contributed by atoms with E-state index in [4.69, 9.17) is 0 Å². The Labute approximate surface area is 167 Å². The molecule has 6 nitrogen and oxygen atoms in total. The Balaban J connectivity index is 1.57. The molecule has 4 aromatic rings. The van der Waals surface area contributed by atoms with Gasteiger partial charge in [-0.15, -0.1) is 0 Å². The zero-order chi connectivity index (χ0) is 20.4. The molecule has 0 fully saturated rings. The topological polar surface area (TPSA) is 76.0 Å². The quantitative estimate of drug-likeness (QED) is 0.540. The first kappa shape index (κ1) is 18.4. The molecule has 0 aliphatic carbocycles. The van der Waals surface area contributed by atoms with E-state index >= 15 is 0 Å². The van der Waals surface area contributed by atoms with Crippen molar-refractivity contribution >= 4 is 28.3 Å². The standard InChI is InChI=1S/C23H20N4O2/c1-15-7-3-5-9-20(15)26-23(29)25-17-11-13-18(14-12-17)27-16(2)24-21-10-6-4-8-19(21)22(27)28/h3-14H,1-2H3,(H2,25,26,29). The molecule has 0 unspecified atom stereocenters. The van der Waals surface area contributed by atoms with E-state index in [1.807, 2.05) is 49.4 Å². The van der Waals surface area contributed by atoms with Gasteiger partial charge in [0, 0.05) is 11.4 Å². The number of hydrogen-bond donors (Lipinski definition) is 2. The number of hydrogen-bond acceptors (Lipinski definition) is 3. The number of anilines is 2. The first-order valence-corrected chi connectivity index (χ1v) is 9.25. The molecule has 0 atom stereocenters. The highest BCUT2D eigenvalue weighted by Gasteiger charge is 2.10. The fraction of sp³-hybridized carbons (Fsp3) is 0.0870. The summed E-state index contributed by atoms with van der Waals surface area (Å²) in [6.07, 6.45) is 0. The van der Waals surface area contributed by atoms with Gasteiger partial charge in [-0.2, -0.15) is 0 Å². The minimum Gasteiger partial charge on any atom is -0.308 e. The second-order valence-electron chi connectivity index (χ2n) is 6.76. The van der Waals surface area contributed by atoms with Gasteiger partial charge >= 0.3 is 6.03 Å². The van der Waals surface area contributed by atoms with Crippen molar-refractivity contribution in [2.24, 2.45) is 0 Å². The number of carbonyl (C=O) groups is 1. The Hall–Kier alpha value is -3.93. The summed E-state index contributed by atoms with van der Waals surface area (Å²) >= 11 is 0. The lowest BCUT2D eigenvalue weighted by atomic mass is 10.2. The molecule has 29 heavy (non-hydrogen) atoms. The van der Waals surface area contributed by atoms with E-state index < -0.39 is 0 Å². The summed E-state index contributed by atoms with van der Waals surface area (Å²) in [7, 11) is 0. The third kappa shape index (κ3) is 3.73. The third-order valence-corrected chi connectivity index (χ3v) is 4.72. The van der Waals surface area contributed by atoms with Gasteiger partial charge < -0.3 is 10.6 Å². The van der Waals surface area contributed by atoms with Gasteiger partial charge in [0.2, 0.25) is 0 Å². The molecular formula is C23H20N4O2. The van der Waals surface area contributed by atoms with Gasteiger partial charge in [-0.25, -0.2) is 9.78 Å². The van der Waals surface area contributed by atoms with Crippen LogP contribution in [-0.2, 0) is 0 Å². The largest absolute Gasteiger partial charge is 0.323 e. The normalized spacial score (nSPS) is 10.7. The molecule has 0 aliphatic heterocycles. The smallest absolute Gasteiger partial charge is 0.308 e. The zero-order valence-corrected chi connectivity index (χ0v) is 16.1. The van der Waals surface area contributed by atoms with Crippen LogP contribution in [0.25, 0.3) is 16.6 Å². The van der Waals surface area contributed by atoms with Gasteiger partial charge in [0.05, 0.1) is 16.6 Å². The lowest BCUT2D eigenvalue weighted by Crippen LogP contribution is -2.22. The molecule has 0 spiro atoms. The highest BCUT2D eigenvalue weighted by Crippen LogP contribution is 2.17. The van der Waals surface area contributed by atoms with E-state index in [9.17, 15) is 9.59 Å². The number of fused-ring (bicyclic) bond motifs is 1. The number of urea groups is 1. The highest BCUT2D eigenvalue weighted by molar-refractivity contribution is 6.00. The number of para-hydroxylation sites is 2. The van der Waals surface area contributed by atoms with Gasteiger partial charge in [0.1, 0.15) is 5.82 Å². The van der Waals surface area contributed by atoms with Crippen LogP contribution in [0.1, 0.15) is 11.4 Å². The molecule has 0 aliphatic rings. The number of aryl methyl sites for hydroxylation is 2. The van der Waals surface area contributed by atoms with Crippen molar-refractivity contribution < 1.29 is 4.79 Å². The van der Waals surface area contributed by atoms with Crippen LogP contribution in [0.5, 0.6) is 0 Å². The van der Waals surface area contributed by atoms with E-state index in [-0.39, 0.29) is 11.6 Å². The predicted octanol–water partition coefficient (Wildman–Crippen LogP) is 4.65.